The number of benzene rings is 1. The Kier molecular flexibility index (Phi) is 7.77. The third-order valence-corrected chi connectivity index (χ3v) is 3.85. The zero-order valence-corrected chi connectivity index (χ0v) is 13.8. The van der Waals surface area contributed by atoms with Crippen LogP contribution in [0.2, 0.25) is 0 Å². The van der Waals surface area contributed by atoms with Crippen molar-refractivity contribution in [3.8, 4) is 0 Å². The van der Waals surface area contributed by atoms with Crippen molar-refractivity contribution in [2.45, 2.75) is 45.7 Å². The minimum absolute atomic E-state index is 0.129. The molecule has 1 aromatic rings. The molecule has 0 saturated heterocycles. The summed E-state index contributed by atoms with van der Waals surface area (Å²) < 4.78 is 0. The van der Waals surface area contributed by atoms with Crippen LogP contribution in [-0.4, -0.2) is 36.7 Å². The summed E-state index contributed by atoms with van der Waals surface area (Å²) in [7, 11) is 2.04. The number of nitrogens with zero attached hydrogens (tertiary/aromatic N) is 1. The quantitative estimate of drug-likeness (QED) is 0.687. The van der Waals surface area contributed by atoms with Crippen LogP contribution in [0.25, 0.3) is 0 Å². The number of nitrogens with one attached hydrogen (secondary N) is 1. The highest BCUT2D eigenvalue weighted by Crippen LogP contribution is 2.22. The molecule has 1 aromatic carbocycles. The Morgan fingerprint density at radius 2 is 2.18 bits per heavy atom. The van der Waals surface area contributed by atoms with Gasteiger partial charge in [0.2, 0.25) is 5.91 Å². The fourth-order valence-corrected chi connectivity index (χ4v) is 2.40. The number of rotatable bonds is 9. The normalized spacial score (nSPS) is 12.2. The number of carbonyl (C=O) groups excluding carboxylic acids is 2. The van der Waals surface area contributed by atoms with Gasteiger partial charge in [-0.05, 0) is 26.5 Å². The molecule has 0 aliphatic heterocycles. The van der Waals surface area contributed by atoms with Gasteiger partial charge in [0, 0.05) is 42.4 Å². The Morgan fingerprint density at radius 1 is 1.45 bits per heavy atom. The van der Waals surface area contributed by atoms with Crippen molar-refractivity contribution < 1.29 is 9.59 Å². The maximum absolute atomic E-state index is 11.8. The van der Waals surface area contributed by atoms with Gasteiger partial charge in [0.05, 0.1) is 0 Å². The van der Waals surface area contributed by atoms with Gasteiger partial charge in [0.15, 0.2) is 0 Å². The van der Waals surface area contributed by atoms with Gasteiger partial charge in [-0.3, -0.25) is 14.5 Å². The van der Waals surface area contributed by atoms with Crippen LogP contribution in [0, 0.1) is 0 Å². The summed E-state index contributed by atoms with van der Waals surface area (Å²) >= 11 is 0. The van der Waals surface area contributed by atoms with Crippen molar-refractivity contribution in [3.63, 3.8) is 0 Å². The summed E-state index contributed by atoms with van der Waals surface area (Å²) in [6.07, 6.45) is 3.31. The molecule has 0 heterocycles. The van der Waals surface area contributed by atoms with Gasteiger partial charge in [-0.15, -0.1) is 0 Å². The van der Waals surface area contributed by atoms with E-state index >= 15 is 0 Å². The number of anilines is 1. The molecular weight excluding hydrogens is 278 g/mol. The van der Waals surface area contributed by atoms with Crippen molar-refractivity contribution >= 4 is 17.9 Å². The SMILES string of the molecule is CCCC(C)N(C)Cc1c(C=O)cccc1NC(=O)CCN. The topological polar surface area (TPSA) is 75.4 Å². The lowest BCUT2D eigenvalue weighted by Crippen LogP contribution is -2.29. The smallest absolute Gasteiger partial charge is 0.225 e. The molecule has 0 aromatic heterocycles. The first-order chi connectivity index (χ1) is 10.5. The Morgan fingerprint density at radius 3 is 2.77 bits per heavy atom. The van der Waals surface area contributed by atoms with E-state index in [1.807, 2.05) is 13.1 Å². The second-order valence-electron chi connectivity index (χ2n) is 5.63. The highest BCUT2D eigenvalue weighted by molar-refractivity contribution is 5.93. The lowest BCUT2D eigenvalue weighted by atomic mass is 10.0. The Labute approximate surface area is 132 Å². The predicted molar refractivity (Wildman–Crippen MR) is 90.0 cm³/mol. The molecule has 1 atom stereocenters. The maximum atomic E-state index is 11.8. The van der Waals surface area contributed by atoms with Crippen LogP contribution in [0.3, 0.4) is 0 Å². The van der Waals surface area contributed by atoms with Gasteiger partial charge in [0.1, 0.15) is 6.29 Å². The monoisotopic (exact) mass is 305 g/mol. The first kappa shape index (κ1) is 18.3. The maximum Gasteiger partial charge on any atom is 0.225 e. The van der Waals surface area contributed by atoms with Gasteiger partial charge in [-0.2, -0.15) is 0 Å². The Hall–Kier alpha value is -1.72. The third kappa shape index (κ3) is 5.24. The summed E-state index contributed by atoms with van der Waals surface area (Å²) in [6.45, 7) is 5.25. The largest absolute Gasteiger partial charge is 0.330 e. The minimum Gasteiger partial charge on any atom is -0.330 e. The molecule has 122 valence electrons. The molecule has 5 nitrogen and oxygen atoms in total. The van der Waals surface area contributed by atoms with Crippen LogP contribution in [0.5, 0.6) is 0 Å². The number of hydrogen-bond donors (Lipinski definition) is 2. The Bertz CT molecular complexity index is 503. The molecule has 0 bridgehead atoms. The molecule has 1 unspecified atom stereocenters. The molecule has 1 amide bonds. The van der Waals surface area contributed by atoms with Gasteiger partial charge >= 0.3 is 0 Å². The molecule has 3 N–H and O–H groups in total. The van der Waals surface area contributed by atoms with Gasteiger partial charge in [0.25, 0.3) is 0 Å². The van der Waals surface area contributed by atoms with Crippen LogP contribution < -0.4 is 11.1 Å². The van der Waals surface area contributed by atoms with Crippen molar-refractivity contribution in [3.05, 3.63) is 29.3 Å². The summed E-state index contributed by atoms with van der Waals surface area (Å²) in [5.74, 6) is -0.129. The Balaban J connectivity index is 2.99. The number of hydrogen-bond acceptors (Lipinski definition) is 4. The molecule has 0 saturated carbocycles. The van der Waals surface area contributed by atoms with Gasteiger partial charge in [-0.25, -0.2) is 0 Å². The minimum atomic E-state index is -0.129. The van der Waals surface area contributed by atoms with Crippen molar-refractivity contribution in [2.75, 3.05) is 18.9 Å². The van der Waals surface area contributed by atoms with Gasteiger partial charge < -0.3 is 11.1 Å². The third-order valence-electron chi connectivity index (χ3n) is 3.85. The summed E-state index contributed by atoms with van der Waals surface area (Å²) in [6, 6.07) is 5.80. The van der Waals surface area contributed by atoms with Crippen LogP contribution in [-0.2, 0) is 11.3 Å². The standard InChI is InChI=1S/C17H27N3O2/c1-4-6-13(2)20(3)11-15-14(12-21)7-5-8-16(15)19-17(22)9-10-18/h5,7-8,12-13H,4,6,9-11,18H2,1-3H3,(H,19,22). The molecule has 5 heteroatoms. The second kappa shape index (κ2) is 9.33. The average Bonchev–Trinajstić information content (AvgIpc) is 2.49. The molecule has 0 radical (unpaired) electrons. The van der Waals surface area contributed by atoms with Crippen molar-refractivity contribution in [2.24, 2.45) is 5.73 Å². The summed E-state index contributed by atoms with van der Waals surface area (Å²) in [4.78, 5) is 25.3. The highest BCUT2D eigenvalue weighted by Gasteiger charge is 2.15. The van der Waals surface area contributed by atoms with E-state index in [9.17, 15) is 9.59 Å². The van der Waals surface area contributed by atoms with E-state index in [2.05, 4.69) is 24.1 Å². The lowest BCUT2D eigenvalue weighted by Gasteiger charge is -2.26. The van der Waals surface area contributed by atoms with E-state index in [1.165, 1.54) is 0 Å². The molecule has 0 aliphatic rings. The average molecular weight is 305 g/mol. The number of nitrogens with two attached hydrogens (primary N) is 1. The second-order valence-corrected chi connectivity index (χ2v) is 5.63. The van der Waals surface area contributed by atoms with Crippen molar-refractivity contribution in [1.82, 2.24) is 4.90 Å². The van der Waals surface area contributed by atoms with E-state index in [-0.39, 0.29) is 12.3 Å². The fraction of sp³-hybridized carbons (Fsp3) is 0.529. The zero-order chi connectivity index (χ0) is 16.5. The molecule has 1 rings (SSSR count). The number of aldehydes is 1. The summed E-state index contributed by atoms with van der Waals surface area (Å²) in [5, 5.41) is 2.86. The van der Waals surface area contributed by atoms with Crippen LogP contribution >= 0.6 is 0 Å². The predicted octanol–water partition coefficient (Wildman–Crippen LogP) is 2.41. The number of amides is 1. The fourth-order valence-electron chi connectivity index (χ4n) is 2.40. The number of carbonyl (C=O) groups is 2. The van der Waals surface area contributed by atoms with Crippen LogP contribution in [0.4, 0.5) is 5.69 Å². The first-order valence-corrected chi connectivity index (χ1v) is 7.80. The molecule has 0 aliphatic carbocycles. The summed E-state index contributed by atoms with van der Waals surface area (Å²) in [5.41, 5.74) is 7.57. The van der Waals surface area contributed by atoms with E-state index in [0.29, 0.717) is 30.4 Å². The van der Waals surface area contributed by atoms with E-state index in [1.54, 1.807) is 12.1 Å². The molecule has 0 spiro atoms. The van der Waals surface area contributed by atoms with Crippen LogP contribution in [0.1, 0.15) is 49.0 Å². The van der Waals surface area contributed by atoms with E-state index < -0.39 is 0 Å². The van der Waals surface area contributed by atoms with E-state index in [4.69, 9.17) is 5.73 Å². The van der Waals surface area contributed by atoms with E-state index in [0.717, 1.165) is 24.7 Å². The van der Waals surface area contributed by atoms with Gasteiger partial charge in [-0.1, -0.05) is 25.5 Å². The first-order valence-electron chi connectivity index (χ1n) is 7.80. The van der Waals surface area contributed by atoms with Crippen molar-refractivity contribution in [1.29, 1.82) is 0 Å². The lowest BCUT2D eigenvalue weighted by molar-refractivity contribution is -0.116. The molecular formula is C17H27N3O2. The zero-order valence-electron chi connectivity index (χ0n) is 13.8. The van der Waals surface area contributed by atoms with Crippen LogP contribution in [0.15, 0.2) is 18.2 Å². The highest BCUT2D eigenvalue weighted by atomic mass is 16.1. The molecule has 0 fully saturated rings. The molecule has 22 heavy (non-hydrogen) atoms.